The molecular weight excluding hydrogens is 546 g/mol. The molecule has 0 saturated heterocycles. The molecule has 42 heavy (non-hydrogen) atoms. The Kier molecular flexibility index (Phi) is 6.09. The van der Waals surface area contributed by atoms with Crippen LogP contribution in [-0.2, 0) is 9.79 Å². The Bertz CT molecular complexity index is 1950. The summed E-state index contributed by atoms with van der Waals surface area (Å²) in [5.74, 6) is -0.241. The summed E-state index contributed by atoms with van der Waals surface area (Å²) < 4.78 is 0. The molecule has 204 valence electrons. The molecule has 7 rings (SSSR count). The molecule has 0 unspecified atom stereocenters. The second-order valence-electron chi connectivity index (χ2n) is 9.90. The molecule has 0 radical (unpaired) electrons. The number of carbonyl (C=O) groups excluding carboxylic acids is 1. The number of thioether (sulfide) groups is 1. The van der Waals surface area contributed by atoms with E-state index < -0.39 is 9.92 Å². The third-order valence-corrected chi connectivity index (χ3v) is 8.80. The summed E-state index contributed by atoms with van der Waals surface area (Å²) >= 11 is 1.23. The Morgan fingerprint density at radius 1 is 0.762 bits per heavy atom. The molecule has 9 heteroatoms. The van der Waals surface area contributed by atoms with E-state index in [1.54, 1.807) is 23.2 Å². The average Bonchev–Trinajstić information content (AvgIpc) is 3.43. The van der Waals surface area contributed by atoms with Crippen LogP contribution in [0.1, 0.15) is 23.6 Å². The smallest absolute Gasteiger partial charge is 0.292 e. The van der Waals surface area contributed by atoms with Crippen molar-refractivity contribution >= 4 is 56.1 Å². The van der Waals surface area contributed by atoms with Gasteiger partial charge >= 0.3 is 0 Å². The first-order chi connectivity index (χ1) is 20.5. The van der Waals surface area contributed by atoms with Gasteiger partial charge in [-0.05, 0) is 40.7 Å². The van der Waals surface area contributed by atoms with Crippen LogP contribution < -0.4 is 10.0 Å². The van der Waals surface area contributed by atoms with Crippen LogP contribution in [0.25, 0.3) is 10.8 Å². The SMILES string of the molecule is CC(=O)C1=NN(c2ccccc2[N+](=O)[O-])[C@]2(S1)c1ccccc1C(c1cccc3ccccc13)=NN2c1ccccc1. The van der Waals surface area contributed by atoms with E-state index in [4.69, 9.17) is 10.2 Å². The second-order valence-corrected chi connectivity index (χ2v) is 11.1. The maximum atomic E-state index is 12.9. The van der Waals surface area contributed by atoms with Crippen molar-refractivity contribution in [3.8, 4) is 0 Å². The van der Waals surface area contributed by atoms with E-state index in [1.807, 2.05) is 77.8 Å². The Labute approximate surface area is 245 Å². The molecule has 5 aromatic carbocycles. The Balaban J connectivity index is 1.57. The molecule has 1 atom stereocenters. The Morgan fingerprint density at radius 3 is 2.24 bits per heavy atom. The highest BCUT2D eigenvalue weighted by atomic mass is 32.2. The fourth-order valence-electron chi connectivity index (χ4n) is 5.56. The van der Waals surface area contributed by atoms with E-state index >= 15 is 0 Å². The molecule has 0 fully saturated rings. The zero-order valence-corrected chi connectivity index (χ0v) is 23.2. The number of rotatable bonds is 5. The van der Waals surface area contributed by atoms with Crippen LogP contribution >= 0.6 is 11.8 Å². The molecule has 0 saturated carbocycles. The van der Waals surface area contributed by atoms with Gasteiger partial charge in [0.2, 0.25) is 4.99 Å². The maximum Gasteiger partial charge on any atom is 0.294 e. The minimum Gasteiger partial charge on any atom is -0.292 e. The van der Waals surface area contributed by atoms with Crippen LogP contribution in [0.3, 0.4) is 0 Å². The van der Waals surface area contributed by atoms with E-state index in [1.165, 1.54) is 24.8 Å². The first-order valence-corrected chi connectivity index (χ1v) is 14.1. The molecule has 2 heterocycles. The van der Waals surface area contributed by atoms with Gasteiger partial charge in [-0.25, -0.2) is 10.0 Å². The van der Waals surface area contributed by atoms with Gasteiger partial charge in [0.15, 0.2) is 10.8 Å². The number of nitro groups is 1. The van der Waals surface area contributed by atoms with Gasteiger partial charge in [0.25, 0.3) is 5.69 Å². The lowest BCUT2D eigenvalue weighted by molar-refractivity contribution is -0.384. The highest BCUT2D eigenvalue weighted by molar-refractivity contribution is 8.17. The van der Waals surface area contributed by atoms with Crippen molar-refractivity contribution in [2.24, 2.45) is 10.2 Å². The molecule has 0 aromatic heterocycles. The second kappa shape index (κ2) is 9.97. The van der Waals surface area contributed by atoms with Crippen LogP contribution in [-0.4, -0.2) is 21.5 Å². The largest absolute Gasteiger partial charge is 0.294 e. The zero-order chi connectivity index (χ0) is 28.8. The number of carbonyl (C=O) groups is 1. The van der Waals surface area contributed by atoms with Crippen LogP contribution in [0.5, 0.6) is 0 Å². The van der Waals surface area contributed by atoms with Gasteiger partial charge in [0, 0.05) is 29.7 Å². The number of hydrogen-bond donors (Lipinski definition) is 0. The van der Waals surface area contributed by atoms with E-state index in [-0.39, 0.29) is 22.2 Å². The summed E-state index contributed by atoms with van der Waals surface area (Å²) in [5.41, 5.74) is 4.21. The lowest BCUT2D eigenvalue weighted by Crippen LogP contribution is -2.54. The third kappa shape index (κ3) is 3.89. The normalized spacial score (nSPS) is 17.6. The summed E-state index contributed by atoms with van der Waals surface area (Å²) in [4.78, 5) is 23.4. The van der Waals surface area contributed by atoms with Crippen molar-refractivity contribution in [3.63, 3.8) is 0 Å². The van der Waals surface area contributed by atoms with E-state index in [0.717, 1.165) is 38.9 Å². The summed E-state index contributed by atoms with van der Waals surface area (Å²) in [5, 5.41) is 28.1. The van der Waals surface area contributed by atoms with Crippen molar-refractivity contribution in [3.05, 3.63) is 148 Å². The van der Waals surface area contributed by atoms with Gasteiger partial charge in [-0.15, -0.1) is 0 Å². The first-order valence-electron chi connectivity index (χ1n) is 13.3. The highest BCUT2D eigenvalue weighted by Gasteiger charge is 2.57. The number of para-hydroxylation sites is 3. The van der Waals surface area contributed by atoms with Gasteiger partial charge in [-0.1, -0.05) is 97.1 Å². The number of fused-ring (bicyclic) bond motifs is 3. The average molecular weight is 570 g/mol. The molecule has 0 bridgehead atoms. The number of benzene rings is 5. The number of nitro benzene ring substituents is 1. The zero-order valence-electron chi connectivity index (χ0n) is 22.4. The topological polar surface area (TPSA) is 91.4 Å². The van der Waals surface area contributed by atoms with Crippen molar-refractivity contribution in [1.82, 2.24) is 0 Å². The Hall–Kier alpha value is -5.28. The number of ketones is 1. The van der Waals surface area contributed by atoms with E-state index in [9.17, 15) is 14.9 Å². The summed E-state index contributed by atoms with van der Waals surface area (Å²) in [6.07, 6.45) is 0. The van der Waals surface area contributed by atoms with Gasteiger partial charge in [-0.3, -0.25) is 14.9 Å². The molecule has 5 aromatic rings. The first kappa shape index (κ1) is 25.7. The highest BCUT2D eigenvalue weighted by Crippen LogP contribution is 2.56. The fourth-order valence-corrected chi connectivity index (χ4v) is 6.84. The fraction of sp³-hybridized carbons (Fsp3) is 0.0606. The van der Waals surface area contributed by atoms with Gasteiger partial charge in [0.1, 0.15) is 5.69 Å². The maximum absolute atomic E-state index is 12.9. The summed E-state index contributed by atoms with van der Waals surface area (Å²) in [7, 11) is 0. The summed E-state index contributed by atoms with van der Waals surface area (Å²) in [6, 6.07) is 38.2. The molecule has 8 nitrogen and oxygen atoms in total. The molecule has 0 aliphatic carbocycles. The molecule has 2 aliphatic rings. The van der Waals surface area contributed by atoms with Crippen LogP contribution in [0.4, 0.5) is 17.1 Å². The van der Waals surface area contributed by atoms with Crippen LogP contribution in [0.15, 0.2) is 132 Å². The van der Waals surface area contributed by atoms with Gasteiger partial charge in [0.05, 0.1) is 16.3 Å². The van der Waals surface area contributed by atoms with Crippen LogP contribution in [0.2, 0.25) is 0 Å². The molecule has 2 aliphatic heterocycles. The number of Topliss-reactive ketones (excluding diaryl/α,β-unsaturated/α-hetero) is 1. The van der Waals surface area contributed by atoms with Crippen LogP contribution in [0, 0.1) is 10.1 Å². The third-order valence-electron chi connectivity index (χ3n) is 7.39. The van der Waals surface area contributed by atoms with Gasteiger partial charge < -0.3 is 0 Å². The van der Waals surface area contributed by atoms with E-state index in [0.29, 0.717) is 0 Å². The minimum atomic E-state index is -1.28. The Morgan fingerprint density at radius 2 is 1.43 bits per heavy atom. The van der Waals surface area contributed by atoms with Gasteiger partial charge in [-0.2, -0.15) is 10.2 Å². The molecular formula is C33H23N5O3S. The quantitative estimate of drug-likeness (QED) is 0.163. The van der Waals surface area contributed by atoms with E-state index in [2.05, 4.69) is 24.3 Å². The molecule has 0 N–H and O–H groups in total. The minimum absolute atomic E-state index is 0.125. The number of hydrogen-bond acceptors (Lipinski definition) is 8. The monoisotopic (exact) mass is 569 g/mol. The number of anilines is 2. The summed E-state index contributed by atoms with van der Waals surface area (Å²) in [6.45, 7) is 1.45. The van der Waals surface area contributed by atoms with Crippen molar-refractivity contribution in [1.29, 1.82) is 0 Å². The lowest BCUT2D eigenvalue weighted by atomic mass is 9.91. The number of nitrogens with zero attached hydrogens (tertiary/aromatic N) is 5. The van der Waals surface area contributed by atoms with Crippen molar-refractivity contribution in [2.45, 2.75) is 11.9 Å². The standard InChI is InChI=1S/C33H23N5O3S/c1-22(39)32-35-37(29-20-9-10-21-30(29)38(40)41)33(42-32)28-19-8-7-17-27(28)31(34-36(33)24-14-3-2-4-15-24)26-18-11-13-23-12-5-6-16-25(23)26/h2-21H,1H3/t33-/m0/s1. The lowest BCUT2D eigenvalue weighted by Gasteiger charge is -2.46. The predicted molar refractivity (Wildman–Crippen MR) is 168 cm³/mol. The van der Waals surface area contributed by atoms with Crippen molar-refractivity contribution in [2.75, 3.05) is 10.0 Å². The predicted octanol–water partition coefficient (Wildman–Crippen LogP) is 7.29. The molecule has 1 spiro atoms. The van der Waals surface area contributed by atoms with Crippen molar-refractivity contribution < 1.29 is 9.72 Å². The molecule has 0 amide bonds. The number of hydrazone groups is 2.